The van der Waals surface area contributed by atoms with Gasteiger partial charge in [-0.05, 0) is 24.0 Å². The Morgan fingerprint density at radius 1 is 0.875 bits per heavy atom. The predicted molar refractivity (Wildman–Crippen MR) is 95.7 cm³/mol. The molecule has 0 bridgehead atoms. The number of aliphatic hydroxyl groups excluding tert-OH is 2. The minimum Gasteiger partial charge on any atom is -0.393 e. The summed E-state index contributed by atoms with van der Waals surface area (Å²) in [7, 11) is 0. The first-order chi connectivity index (χ1) is 11.8. The third kappa shape index (κ3) is 2.37. The second-order valence-electron chi connectivity index (χ2n) is 6.27. The highest BCUT2D eigenvalue weighted by molar-refractivity contribution is 5.88. The van der Waals surface area contributed by atoms with Crippen LogP contribution in [-0.4, -0.2) is 21.4 Å². The Morgan fingerprint density at radius 2 is 1.46 bits per heavy atom. The molecule has 2 aromatic carbocycles. The third-order valence-corrected chi connectivity index (χ3v) is 4.82. The number of fused-ring (bicyclic) bond motifs is 1. The molecule has 0 aliphatic carbocycles. The molecule has 0 saturated heterocycles. The van der Waals surface area contributed by atoms with E-state index in [2.05, 4.69) is 28.8 Å². The second-order valence-corrected chi connectivity index (χ2v) is 6.27. The molecule has 1 aliphatic rings. The number of nitrogens with zero attached hydrogens (tertiary/aromatic N) is 1. The van der Waals surface area contributed by atoms with E-state index in [-0.39, 0.29) is 6.61 Å². The molecule has 0 fully saturated rings. The van der Waals surface area contributed by atoms with E-state index in [1.54, 1.807) is 0 Å². The highest BCUT2D eigenvalue weighted by atomic mass is 16.3. The quantitative estimate of drug-likeness (QED) is 0.768. The number of hydrogen-bond donors (Lipinski definition) is 2. The highest BCUT2D eigenvalue weighted by Crippen LogP contribution is 2.44. The molecule has 122 valence electrons. The van der Waals surface area contributed by atoms with Crippen LogP contribution in [0.1, 0.15) is 23.9 Å². The fraction of sp³-hybridized carbons (Fsp3) is 0.238. The van der Waals surface area contributed by atoms with Crippen molar-refractivity contribution in [3.8, 4) is 22.3 Å². The molecule has 1 atom stereocenters. The van der Waals surface area contributed by atoms with E-state index in [0.29, 0.717) is 0 Å². The Hall–Kier alpha value is -2.36. The lowest BCUT2D eigenvalue weighted by Crippen LogP contribution is -2.10. The van der Waals surface area contributed by atoms with Crippen molar-refractivity contribution in [1.82, 2.24) is 4.57 Å². The van der Waals surface area contributed by atoms with E-state index in [0.717, 1.165) is 36.2 Å². The summed E-state index contributed by atoms with van der Waals surface area (Å²) < 4.78 is 2.21. The van der Waals surface area contributed by atoms with Crippen LogP contribution in [0.5, 0.6) is 0 Å². The zero-order valence-corrected chi connectivity index (χ0v) is 13.5. The van der Waals surface area contributed by atoms with Gasteiger partial charge in [0.2, 0.25) is 0 Å². The van der Waals surface area contributed by atoms with Gasteiger partial charge in [0.1, 0.15) is 6.10 Å². The minimum atomic E-state index is -0.866. The average molecular weight is 319 g/mol. The molecule has 0 amide bonds. The largest absolute Gasteiger partial charge is 0.393 e. The lowest BCUT2D eigenvalue weighted by Gasteiger charge is -2.15. The molecular formula is C21H21NO2. The maximum absolute atomic E-state index is 10.5. The van der Waals surface area contributed by atoms with Gasteiger partial charge < -0.3 is 14.8 Å². The van der Waals surface area contributed by atoms with Crippen molar-refractivity contribution >= 4 is 0 Å². The van der Waals surface area contributed by atoms with Gasteiger partial charge in [0.15, 0.2) is 0 Å². The van der Waals surface area contributed by atoms with Crippen molar-refractivity contribution in [2.75, 3.05) is 6.61 Å². The number of rotatable bonds is 4. The van der Waals surface area contributed by atoms with Gasteiger partial charge in [0, 0.05) is 23.4 Å². The standard InChI is InChI=1S/C21H21NO2/c23-14-18(24)21-20(16-10-5-2-6-11-16)19(15-8-3-1-4-9-15)17-12-7-13-22(17)21/h1-6,8-11,18,23-24H,7,12-14H2/t18-/m0/s1. The molecule has 2 N–H and O–H groups in total. The van der Waals surface area contributed by atoms with Gasteiger partial charge in [-0.2, -0.15) is 0 Å². The molecule has 0 unspecified atom stereocenters. The molecule has 0 saturated carbocycles. The van der Waals surface area contributed by atoms with Crippen LogP contribution in [0.3, 0.4) is 0 Å². The van der Waals surface area contributed by atoms with Crippen LogP contribution in [-0.2, 0) is 13.0 Å². The van der Waals surface area contributed by atoms with Crippen molar-refractivity contribution in [3.05, 3.63) is 72.1 Å². The SMILES string of the molecule is OC[C@H](O)c1c(-c2ccccc2)c(-c2ccccc2)c2n1CCC2. The van der Waals surface area contributed by atoms with Crippen LogP contribution in [0, 0.1) is 0 Å². The molecule has 2 heterocycles. The first kappa shape index (κ1) is 15.2. The molecule has 4 rings (SSSR count). The fourth-order valence-electron chi connectivity index (χ4n) is 3.85. The van der Waals surface area contributed by atoms with Crippen molar-refractivity contribution in [3.63, 3.8) is 0 Å². The summed E-state index contributed by atoms with van der Waals surface area (Å²) in [4.78, 5) is 0. The molecule has 0 radical (unpaired) electrons. The maximum Gasteiger partial charge on any atom is 0.118 e. The summed E-state index contributed by atoms with van der Waals surface area (Å²) >= 11 is 0. The maximum atomic E-state index is 10.5. The van der Waals surface area contributed by atoms with Crippen molar-refractivity contribution in [1.29, 1.82) is 0 Å². The summed E-state index contributed by atoms with van der Waals surface area (Å²) in [6.45, 7) is 0.631. The number of benzene rings is 2. The van der Waals surface area contributed by atoms with Gasteiger partial charge in [-0.25, -0.2) is 0 Å². The average Bonchev–Trinajstić information content (AvgIpc) is 3.22. The monoisotopic (exact) mass is 319 g/mol. The van der Waals surface area contributed by atoms with Crippen molar-refractivity contribution < 1.29 is 10.2 Å². The molecule has 3 nitrogen and oxygen atoms in total. The number of aromatic nitrogens is 1. The number of aliphatic hydroxyl groups is 2. The minimum absolute atomic E-state index is 0.266. The zero-order valence-electron chi connectivity index (χ0n) is 13.5. The van der Waals surface area contributed by atoms with E-state index in [1.165, 1.54) is 16.8 Å². The topological polar surface area (TPSA) is 45.4 Å². The summed E-state index contributed by atoms with van der Waals surface area (Å²) in [5.74, 6) is 0. The lowest BCUT2D eigenvalue weighted by atomic mass is 9.92. The Kier molecular flexibility index (Phi) is 3.97. The Balaban J connectivity index is 2.05. The molecule has 1 aromatic heterocycles. The van der Waals surface area contributed by atoms with E-state index in [1.807, 2.05) is 36.4 Å². The van der Waals surface area contributed by atoms with Crippen LogP contribution >= 0.6 is 0 Å². The smallest absolute Gasteiger partial charge is 0.118 e. The van der Waals surface area contributed by atoms with Gasteiger partial charge in [-0.1, -0.05) is 60.7 Å². The molecule has 24 heavy (non-hydrogen) atoms. The van der Waals surface area contributed by atoms with Crippen LogP contribution in [0.4, 0.5) is 0 Å². The Morgan fingerprint density at radius 3 is 2.04 bits per heavy atom. The van der Waals surface area contributed by atoms with E-state index >= 15 is 0 Å². The first-order valence-corrected chi connectivity index (χ1v) is 8.46. The van der Waals surface area contributed by atoms with Crippen molar-refractivity contribution in [2.45, 2.75) is 25.5 Å². The second kappa shape index (κ2) is 6.27. The Bertz CT molecular complexity index is 837. The van der Waals surface area contributed by atoms with Gasteiger partial charge >= 0.3 is 0 Å². The zero-order chi connectivity index (χ0) is 16.5. The van der Waals surface area contributed by atoms with E-state index in [4.69, 9.17) is 0 Å². The Labute approximate surface area is 141 Å². The summed E-state index contributed by atoms with van der Waals surface area (Å²) in [6, 6.07) is 20.5. The summed E-state index contributed by atoms with van der Waals surface area (Å²) in [5.41, 5.74) is 6.61. The first-order valence-electron chi connectivity index (χ1n) is 8.46. The van der Waals surface area contributed by atoms with Crippen LogP contribution in [0.2, 0.25) is 0 Å². The normalized spacial score (nSPS) is 14.6. The van der Waals surface area contributed by atoms with Gasteiger partial charge in [-0.3, -0.25) is 0 Å². The van der Waals surface area contributed by atoms with Gasteiger partial charge in [0.05, 0.1) is 12.3 Å². The molecule has 3 heteroatoms. The summed E-state index contributed by atoms with van der Waals surface area (Å²) in [5, 5.41) is 20.1. The molecular weight excluding hydrogens is 298 g/mol. The van der Waals surface area contributed by atoms with Gasteiger partial charge in [-0.15, -0.1) is 0 Å². The predicted octanol–water partition coefficient (Wildman–Crippen LogP) is 3.79. The van der Waals surface area contributed by atoms with Crippen LogP contribution in [0.15, 0.2) is 60.7 Å². The molecule has 1 aliphatic heterocycles. The van der Waals surface area contributed by atoms with Crippen LogP contribution < -0.4 is 0 Å². The molecule has 0 spiro atoms. The van der Waals surface area contributed by atoms with Crippen molar-refractivity contribution in [2.24, 2.45) is 0 Å². The highest BCUT2D eigenvalue weighted by Gasteiger charge is 2.30. The fourth-order valence-corrected chi connectivity index (χ4v) is 3.85. The molecule has 3 aromatic rings. The number of hydrogen-bond acceptors (Lipinski definition) is 2. The van der Waals surface area contributed by atoms with Crippen LogP contribution in [0.25, 0.3) is 22.3 Å². The van der Waals surface area contributed by atoms with Gasteiger partial charge in [0.25, 0.3) is 0 Å². The van der Waals surface area contributed by atoms with E-state index in [9.17, 15) is 10.2 Å². The van der Waals surface area contributed by atoms with E-state index < -0.39 is 6.10 Å². The summed E-state index contributed by atoms with van der Waals surface area (Å²) in [6.07, 6.45) is 1.21. The third-order valence-electron chi connectivity index (χ3n) is 4.82. The lowest BCUT2D eigenvalue weighted by molar-refractivity contribution is 0.0899.